The summed E-state index contributed by atoms with van der Waals surface area (Å²) in [5.41, 5.74) is 6.62. The fourth-order valence-corrected chi connectivity index (χ4v) is 1.90. The van der Waals surface area contributed by atoms with E-state index in [-0.39, 0.29) is 11.9 Å². The predicted molar refractivity (Wildman–Crippen MR) is 72.5 cm³/mol. The first-order valence-electron chi connectivity index (χ1n) is 5.85. The van der Waals surface area contributed by atoms with Crippen LogP contribution in [0.2, 0.25) is 5.02 Å². The van der Waals surface area contributed by atoms with E-state index in [4.69, 9.17) is 22.1 Å². The molecule has 0 fully saturated rings. The van der Waals surface area contributed by atoms with Gasteiger partial charge in [-0.3, -0.25) is 4.79 Å². The van der Waals surface area contributed by atoms with Crippen molar-refractivity contribution in [1.29, 1.82) is 0 Å². The number of amides is 1. The molecule has 0 saturated carbocycles. The molecule has 100 valence electrons. The molecule has 5 heteroatoms. The molecule has 0 radical (unpaired) electrons. The first-order chi connectivity index (χ1) is 8.56. The number of ether oxygens (including phenoxy) is 1. The number of methoxy groups -OCH3 is 1. The number of benzene rings is 1. The summed E-state index contributed by atoms with van der Waals surface area (Å²) in [6, 6.07) is 6.69. The third-order valence-corrected chi connectivity index (χ3v) is 3.04. The molecule has 1 unspecified atom stereocenters. The van der Waals surface area contributed by atoms with Crippen molar-refractivity contribution in [3.63, 3.8) is 0 Å². The van der Waals surface area contributed by atoms with Crippen molar-refractivity contribution in [1.82, 2.24) is 5.32 Å². The van der Waals surface area contributed by atoms with Crippen LogP contribution in [0.25, 0.3) is 0 Å². The number of carbonyl (C=O) groups is 1. The van der Waals surface area contributed by atoms with Crippen molar-refractivity contribution in [2.75, 3.05) is 13.7 Å². The Hall–Kier alpha value is -1.10. The van der Waals surface area contributed by atoms with Gasteiger partial charge in [0.2, 0.25) is 5.91 Å². The molecular weight excluding hydrogens is 252 g/mol. The first-order valence-corrected chi connectivity index (χ1v) is 6.23. The molecule has 0 spiro atoms. The van der Waals surface area contributed by atoms with Crippen molar-refractivity contribution < 1.29 is 9.53 Å². The zero-order valence-electron chi connectivity index (χ0n) is 10.7. The van der Waals surface area contributed by atoms with Gasteiger partial charge in [-0.1, -0.05) is 29.8 Å². The minimum Gasteiger partial charge on any atom is -0.385 e. The van der Waals surface area contributed by atoms with E-state index in [0.29, 0.717) is 18.1 Å². The molecule has 1 amide bonds. The van der Waals surface area contributed by atoms with Gasteiger partial charge in [0.15, 0.2) is 0 Å². The summed E-state index contributed by atoms with van der Waals surface area (Å²) in [5.74, 6) is -0.195. The Balaban J connectivity index is 2.57. The maximum Gasteiger partial charge on any atom is 0.237 e. The molecule has 1 aromatic carbocycles. The SMILES string of the molecule is COCCC(N)C(=O)N[C@H](C)c1ccccc1Cl. The van der Waals surface area contributed by atoms with Crippen molar-refractivity contribution in [3.8, 4) is 0 Å². The van der Waals surface area contributed by atoms with E-state index in [9.17, 15) is 4.79 Å². The van der Waals surface area contributed by atoms with Crippen LogP contribution in [-0.4, -0.2) is 25.7 Å². The van der Waals surface area contributed by atoms with Crippen molar-refractivity contribution in [2.45, 2.75) is 25.4 Å². The number of hydrogen-bond acceptors (Lipinski definition) is 3. The minimum atomic E-state index is -0.560. The van der Waals surface area contributed by atoms with Crippen LogP contribution in [-0.2, 0) is 9.53 Å². The highest BCUT2D eigenvalue weighted by Crippen LogP contribution is 2.22. The van der Waals surface area contributed by atoms with E-state index in [0.717, 1.165) is 5.56 Å². The second-order valence-electron chi connectivity index (χ2n) is 4.14. The number of nitrogens with one attached hydrogen (secondary N) is 1. The molecular formula is C13H19ClN2O2. The molecule has 1 rings (SSSR count). The smallest absolute Gasteiger partial charge is 0.237 e. The number of rotatable bonds is 6. The highest BCUT2D eigenvalue weighted by molar-refractivity contribution is 6.31. The summed E-state index contributed by atoms with van der Waals surface area (Å²) in [4.78, 5) is 11.8. The third-order valence-electron chi connectivity index (χ3n) is 2.70. The minimum absolute atomic E-state index is 0.167. The van der Waals surface area contributed by atoms with Crippen LogP contribution in [0.5, 0.6) is 0 Å². The summed E-state index contributed by atoms with van der Waals surface area (Å²) < 4.78 is 4.89. The van der Waals surface area contributed by atoms with Crippen LogP contribution in [0.4, 0.5) is 0 Å². The van der Waals surface area contributed by atoms with Gasteiger partial charge in [0.1, 0.15) is 0 Å². The third kappa shape index (κ3) is 4.29. The van der Waals surface area contributed by atoms with E-state index < -0.39 is 6.04 Å². The molecule has 0 aliphatic rings. The van der Waals surface area contributed by atoms with Crippen LogP contribution in [0.3, 0.4) is 0 Å². The van der Waals surface area contributed by atoms with E-state index in [1.807, 2.05) is 25.1 Å². The molecule has 0 heterocycles. The quantitative estimate of drug-likeness (QED) is 0.830. The van der Waals surface area contributed by atoms with Crippen LogP contribution in [0, 0.1) is 0 Å². The van der Waals surface area contributed by atoms with E-state index in [2.05, 4.69) is 5.32 Å². The molecule has 3 N–H and O–H groups in total. The lowest BCUT2D eigenvalue weighted by Gasteiger charge is -2.18. The molecule has 1 aromatic rings. The van der Waals surface area contributed by atoms with Crippen molar-refractivity contribution >= 4 is 17.5 Å². The normalized spacial score (nSPS) is 14.0. The summed E-state index contributed by atoms with van der Waals surface area (Å²) in [6.07, 6.45) is 0.498. The molecule has 0 aliphatic carbocycles. The number of carbonyl (C=O) groups excluding carboxylic acids is 1. The number of nitrogens with two attached hydrogens (primary N) is 1. The molecule has 0 saturated heterocycles. The highest BCUT2D eigenvalue weighted by Gasteiger charge is 2.17. The number of hydrogen-bond donors (Lipinski definition) is 2. The molecule has 0 bridgehead atoms. The highest BCUT2D eigenvalue weighted by atomic mass is 35.5. The van der Waals surface area contributed by atoms with Crippen LogP contribution < -0.4 is 11.1 Å². The summed E-state index contributed by atoms with van der Waals surface area (Å²) in [5, 5.41) is 3.48. The fourth-order valence-electron chi connectivity index (χ4n) is 1.60. The van der Waals surface area contributed by atoms with Gasteiger partial charge < -0.3 is 15.8 Å². The Kier molecular flexibility index (Phi) is 6.12. The predicted octanol–water partition coefficient (Wildman–Crippen LogP) is 1.88. The molecule has 2 atom stereocenters. The average molecular weight is 271 g/mol. The molecule has 0 aromatic heterocycles. The zero-order valence-corrected chi connectivity index (χ0v) is 11.4. The Morgan fingerprint density at radius 3 is 2.78 bits per heavy atom. The average Bonchev–Trinajstić information content (AvgIpc) is 2.36. The van der Waals surface area contributed by atoms with Gasteiger partial charge in [0.05, 0.1) is 12.1 Å². The lowest BCUT2D eigenvalue weighted by atomic mass is 10.1. The lowest BCUT2D eigenvalue weighted by molar-refractivity contribution is -0.123. The van der Waals surface area contributed by atoms with Crippen molar-refractivity contribution in [3.05, 3.63) is 34.9 Å². The van der Waals surface area contributed by atoms with E-state index in [1.54, 1.807) is 13.2 Å². The molecule has 0 aliphatic heterocycles. The second kappa shape index (κ2) is 7.36. The largest absolute Gasteiger partial charge is 0.385 e. The monoisotopic (exact) mass is 270 g/mol. The Morgan fingerprint density at radius 1 is 1.50 bits per heavy atom. The fraction of sp³-hybridized carbons (Fsp3) is 0.462. The zero-order chi connectivity index (χ0) is 13.5. The van der Waals surface area contributed by atoms with Gasteiger partial charge in [-0.15, -0.1) is 0 Å². The maximum atomic E-state index is 11.8. The molecule has 4 nitrogen and oxygen atoms in total. The maximum absolute atomic E-state index is 11.8. The Labute approximate surface area is 112 Å². The van der Waals surface area contributed by atoms with E-state index >= 15 is 0 Å². The summed E-state index contributed by atoms with van der Waals surface area (Å²) in [7, 11) is 1.58. The van der Waals surface area contributed by atoms with Gasteiger partial charge in [0.25, 0.3) is 0 Å². The van der Waals surface area contributed by atoms with Gasteiger partial charge in [-0.25, -0.2) is 0 Å². The summed E-state index contributed by atoms with van der Waals surface area (Å²) >= 11 is 6.06. The van der Waals surface area contributed by atoms with Gasteiger partial charge in [0, 0.05) is 18.7 Å². The molecule has 18 heavy (non-hydrogen) atoms. The van der Waals surface area contributed by atoms with Crippen LogP contribution in [0.1, 0.15) is 24.9 Å². The second-order valence-corrected chi connectivity index (χ2v) is 4.55. The lowest BCUT2D eigenvalue weighted by Crippen LogP contribution is -2.42. The van der Waals surface area contributed by atoms with Crippen molar-refractivity contribution in [2.24, 2.45) is 5.73 Å². The van der Waals surface area contributed by atoms with E-state index in [1.165, 1.54) is 0 Å². The van der Waals surface area contributed by atoms with Crippen LogP contribution in [0.15, 0.2) is 24.3 Å². The van der Waals surface area contributed by atoms with Gasteiger partial charge in [-0.2, -0.15) is 0 Å². The topological polar surface area (TPSA) is 64.3 Å². The van der Waals surface area contributed by atoms with Crippen LogP contribution >= 0.6 is 11.6 Å². The standard InChI is InChI=1S/C13H19ClN2O2/c1-9(10-5-3-4-6-11(10)14)16-13(17)12(15)7-8-18-2/h3-6,9,12H,7-8,15H2,1-2H3,(H,16,17)/t9-,12?/m1/s1. The first kappa shape index (κ1) is 15.0. The van der Waals surface area contributed by atoms with Gasteiger partial charge in [-0.05, 0) is 25.0 Å². The van der Waals surface area contributed by atoms with Gasteiger partial charge >= 0.3 is 0 Å². The number of halogens is 1. The summed E-state index contributed by atoms with van der Waals surface area (Å²) in [6.45, 7) is 2.34. The Bertz CT molecular complexity index is 398. The Morgan fingerprint density at radius 2 is 2.17 bits per heavy atom.